The topological polar surface area (TPSA) is 62.1 Å². The fourth-order valence-electron chi connectivity index (χ4n) is 1.48. The van der Waals surface area contributed by atoms with Crippen molar-refractivity contribution in [3.63, 3.8) is 0 Å². The Morgan fingerprint density at radius 3 is 2.88 bits per heavy atom. The SMILES string of the molecule is CN(Cc1cc(Br)cs1)C(=O)c1cc(N)c[nH]1. The highest BCUT2D eigenvalue weighted by atomic mass is 79.9. The van der Waals surface area contributed by atoms with E-state index >= 15 is 0 Å². The van der Waals surface area contributed by atoms with E-state index in [0.29, 0.717) is 17.9 Å². The summed E-state index contributed by atoms with van der Waals surface area (Å²) < 4.78 is 1.04. The molecular formula is C11H12BrN3OS. The Morgan fingerprint density at radius 2 is 2.35 bits per heavy atom. The molecule has 0 unspecified atom stereocenters. The molecule has 2 aromatic heterocycles. The van der Waals surface area contributed by atoms with Crippen LogP contribution in [0.3, 0.4) is 0 Å². The molecule has 0 spiro atoms. The van der Waals surface area contributed by atoms with E-state index in [0.717, 1.165) is 9.35 Å². The van der Waals surface area contributed by atoms with Gasteiger partial charge in [0.1, 0.15) is 5.69 Å². The van der Waals surface area contributed by atoms with E-state index < -0.39 is 0 Å². The third kappa shape index (κ3) is 2.89. The summed E-state index contributed by atoms with van der Waals surface area (Å²) in [5.41, 5.74) is 6.65. The van der Waals surface area contributed by atoms with Gasteiger partial charge in [0, 0.05) is 33.7 Å². The van der Waals surface area contributed by atoms with E-state index in [1.54, 1.807) is 35.5 Å². The highest BCUT2D eigenvalue weighted by Crippen LogP contribution is 2.21. The van der Waals surface area contributed by atoms with E-state index in [4.69, 9.17) is 5.73 Å². The predicted octanol–water partition coefficient (Wildman–Crippen LogP) is 2.69. The number of aromatic amines is 1. The van der Waals surface area contributed by atoms with Crippen molar-refractivity contribution in [3.05, 3.63) is 38.8 Å². The van der Waals surface area contributed by atoms with Gasteiger partial charge in [0.05, 0.1) is 6.54 Å². The van der Waals surface area contributed by atoms with E-state index in [2.05, 4.69) is 20.9 Å². The monoisotopic (exact) mass is 313 g/mol. The number of carbonyl (C=O) groups is 1. The zero-order valence-electron chi connectivity index (χ0n) is 9.24. The molecule has 0 aliphatic rings. The van der Waals surface area contributed by atoms with E-state index in [9.17, 15) is 4.79 Å². The highest BCUT2D eigenvalue weighted by molar-refractivity contribution is 9.10. The quantitative estimate of drug-likeness (QED) is 0.915. The van der Waals surface area contributed by atoms with Gasteiger partial charge < -0.3 is 15.6 Å². The van der Waals surface area contributed by atoms with Gasteiger partial charge in [0.15, 0.2) is 0 Å². The van der Waals surface area contributed by atoms with Crippen molar-refractivity contribution in [2.24, 2.45) is 0 Å². The van der Waals surface area contributed by atoms with Crippen LogP contribution in [0.5, 0.6) is 0 Å². The first-order valence-corrected chi connectivity index (χ1v) is 6.66. The number of nitrogen functional groups attached to an aromatic ring is 1. The molecule has 0 aromatic carbocycles. The first kappa shape index (κ1) is 12.2. The van der Waals surface area contributed by atoms with Gasteiger partial charge in [-0.2, -0.15) is 0 Å². The Labute approximate surface area is 112 Å². The summed E-state index contributed by atoms with van der Waals surface area (Å²) in [7, 11) is 1.77. The Balaban J connectivity index is 2.05. The van der Waals surface area contributed by atoms with E-state index in [1.807, 2.05) is 11.4 Å². The van der Waals surface area contributed by atoms with Crippen LogP contribution in [0.15, 0.2) is 28.2 Å². The minimum Gasteiger partial charge on any atom is -0.397 e. The molecule has 0 fully saturated rings. The van der Waals surface area contributed by atoms with Gasteiger partial charge in [-0.05, 0) is 28.1 Å². The van der Waals surface area contributed by atoms with Gasteiger partial charge in [-0.1, -0.05) is 0 Å². The molecule has 90 valence electrons. The smallest absolute Gasteiger partial charge is 0.270 e. The number of anilines is 1. The second kappa shape index (κ2) is 4.93. The molecule has 1 amide bonds. The lowest BCUT2D eigenvalue weighted by Crippen LogP contribution is -2.26. The van der Waals surface area contributed by atoms with Crippen LogP contribution in [0.25, 0.3) is 0 Å². The number of carbonyl (C=O) groups excluding carboxylic acids is 1. The van der Waals surface area contributed by atoms with Crippen LogP contribution in [0, 0.1) is 0 Å². The Bertz CT molecular complexity index is 534. The van der Waals surface area contributed by atoms with Crippen LogP contribution >= 0.6 is 27.3 Å². The van der Waals surface area contributed by atoms with Gasteiger partial charge in [0.2, 0.25) is 0 Å². The number of hydrogen-bond acceptors (Lipinski definition) is 3. The maximum Gasteiger partial charge on any atom is 0.270 e. The summed E-state index contributed by atoms with van der Waals surface area (Å²) >= 11 is 5.01. The molecule has 0 saturated heterocycles. The molecule has 0 saturated carbocycles. The third-order valence-corrected chi connectivity index (χ3v) is 3.98. The molecular weight excluding hydrogens is 302 g/mol. The highest BCUT2D eigenvalue weighted by Gasteiger charge is 2.14. The van der Waals surface area contributed by atoms with Crippen molar-refractivity contribution in [1.29, 1.82) is 0 Å². The van der Waals surface area contributed by atoms with Crippen molar-refractivity contribution >= 4 is 38.9 Å². The molecule has 2 rings (SSSR count). The molecule has 3 N–H and O–H groups in total. The maximum absolute atomic E-state index is 12.0. The van der Waals surface area contributed by atoms with Gasteiger partial charge in [-0.3, -0.25) is 4.79 Å². The zero-order chi connectivity index (χ0) is 12.4. The summed E-state index contributed by atoms with van der Waals surface area (Å²) in [5, 5.41) is 2.00. The number of nitrogens with two attached hydrogens (primary N) is 1. The third-order valence-electron chi connectivity index (χ3n) is 2.30. The lowest BCUT2D eigenvalue weighted by molar-refractivity contribution is 0.0781. The summed E-state index contributed by atoms with van der Waals surface area (Å²) in [4.78, 5) is 17.6. The molecule has 0 atom stereocenters. The number of amides is 1. The number of halogens is 1. The standard InChI is InChI=1S/C11H12BrN3OS/c1-15(5-9-2-7(12)6-17-9)11(16)10-3-8(13)4-14-10/h2-4,6,14H,5,13H2,1H3. The molecule has 0 aliphatic carbocycles. The van der Waals surface area contributed by atoms with Crippen LogP contribution in [0.2, 0.25) is 0 Å². The van der Waals surface area contributed by atoms with Crippen molar-refractivity contribution in [2.45, 2.75) is 6.54 Å². The van der Waals surface area contributed by atoms with Crippen LogP contribution in [0.1, 0.15) is 15.4 Å². The number of nitrogens with zero attached hydrogens (tertiary/aromatic N) is 1. The lowest BCUT2D eigenvalue weighted by atomic mass is 10.3. The number of hydrogen-bond donors (Lipinski definition) is 2. The van der Waals surface area contributed by atoms with Gasteiger partial charge in [-0.15, -0.1) is 11.3 Å². The van der Waals surface area contributed by atoms with Crippen molar-refractivity contribution < 1.29 is 4.79 Å². The molecule has 2 heterocycles. The summed E-state index contributed by atoms with van der Waals surface area (Å²) in [6, 6.07) is 3.65. The predicted molar refractivity (Wildman–Crippen MR) is 73.0 cm³/mol. The van der Waals surface area contributed by atoms with Gasteiger partial charge in [0.25, 0.3) is 5.91 Å². The normalized spacial score (nSPS) is 10.5. The molecule has 2 aromatic rings. The van der Waals surface area contributed by atoms with Crippen LogP contribution in [0.4, 0.5) is 5.69 Å². The van der Waals surface area contributed by atoms with Crippen molar-refractivity contribution in [3.8, 4) is 0 Å². The number of rotatable bonds is 3. The van der Waals surface area contributed by atoms with Gasteiger partial charge >= 0.3 is 0 Å². The first-order chi connectivity index (χ1) is 8.06. The van der Waals surface area contributed by atoms with Crippen molar-refractivity contribution in [1.82, 2.24) is 9.88 Å². The average molecular weight is 314 g/mol. The molecule has 4 nitrogen and oxygen atoms in total. The summed E-state index contributed by atoms with van der Waals surface area (Å²) in [6.45, 7) is 0.591. The fraction of sp³-hybridized carbons (Fsp3) is 0.182. The zero-order valence-corrected chi connectivity index (χ0v) is 11.6. The van der Waals surface area contributed by atoms with Crippen molar-refractivity contribution in [2.75, 3.05) is 12.8 Å². The number of thiophene rings is 1. The molecule has 6 heteroatoms. The molecule has 17 heavy (non-hydrogen) atoms. The lowest BCUT2D eigenvalue weighted by Gasteiger charge is -2.14. The minimum atomic E-state index is -0.0637. The molecule has 0 radical (unpaired) electrons. The Kier molecular flexibility index (Phi) is 3.54. The number of aromatic nitrogens is 1. The Morgan fingerprint density at radius 1 is 1.59 bits per heavy atom. The average Bonchev–Trinajstić information content (AvgIpc) is 2.87. The molecule has 0 aliphatic heterocycles. The van der Waals surface area contributed by atoms with E-state index in [1.165, 1.54) is 0 Å². The first-order valence-electron chi connectivity index (χ1n) is 4.98. The summed E-state index contributed by atoms with van der Waals surface area (Å²) in [6.07, 6.45) is 1.61. The fourth-order valence-corrected chi connectivity index (χ4v) is 2.99. The van der Waals surface area contributed by atoms with Crippen LogP contribution < -0.4 is 5.73 Å². The summed E-state index contributed by atoms with van der Waals surface area (Å²) in [5.74, 6) is -0.0637. The Hall–Kier alpha value is -1.27. The van der Waals surface area contributed by atoms with E-state index in [-0.39, 0.29) is 5.91 Å². The minimum absolute atomic E-state index is 0.0637. The van der Waals surface area contributed by atoms with Gasteiger partial charge in [-0.25, -0.2) is 0 Å². The maximum atomic E-state index is 12.0. The van der Waals surface area contributed by atoms with Crippen LogP contribution in [-0.4, -0.2) is 22.8 Å². The second-order valence-corrected chi connectivity index (χ2v) is 5.65. The molecule has 0 bridgehead atoms. The largest absolute Gasteiger partial charge is 0.397 e. The van der Waals surface area contributed by atoms with Crippen LogP contribution in [-0.2, 0) is 6.54 Å². The number of H-pyrrole nitrogens is 1. The second-order valence-electron chi connectivity index (χ2n) is 3.74. The number of nitrogens with one attached hydrogen (secondary N) is 1.